The summed E-state index contributed by atoms with van der Waals surface area (Å²) in [4.78, 5) is 19.6. The van der Waals surface area contributed by atoms with E-state index >= 15 is 0 Å². The van der Waals surface area contributed by atoms with E-state index in [0.717, 1.165) is 12.8 Å². The number of sulfone groups is 1. The largest absolute Gasteiger partial charge is 0.353 e. The number of nitrogens with one attached hydrogen (secondary N) is 2. The number of aromatic nitrogens is 4. The molecule has 8 nitrogen and oxygen atoms in total. The van der Waals surface area contributed by atoms with Crippen molar-refractivity contribution in [1.82, 2.24) is 19.7 Å². The second-order valence-corrected chi connectivity index (χ2v) is 10.2. The average molecular weight is 367 g/mol. The predicted molar refractivity (Wildman–Crippen MR) is 97.7 cm³/mol. The van der Waals surface area contributed by atoms with Crippen molar-refractivity contribution >= 4 is 26.8 Å². The Hall–Kier alpha value is -1.90. The molecule has 1 aliphatic carbocycles. The topological polar surface area (TPSA) is 110 Å². The number of fused-ring (bicyclic) bond motifs is 1. The fraction of sp³-hybridized carbons (Fsp3) is 0.688. The van der Waals surface area contributed by atoms with Crippen LogP contribution >= 0.6 is 0 Å². The maximum atomic E-state index is 12.3. The Kier molecular flexibility index (Phi) is 4.38. The predicted octanol–water partition coefficient (Wildman–Crippen LogP) is 1.64. The molecule has 0 radical (unpaired) electrons. The minimum Gasteiger partial charge on any atom is -0.353 e. The van der Waals surface area contributed by atoms with Crippen molar-refractivity contribution in [2.75, 3.05) is 11.6 Å². The first-order valence-electron chi connectivity index (χ1n) is 8.49. The molecule has 2 aromatic heterocycles. The van der Waals surface area contributed by atoms with Crippen LogP contribution in [-0.4, -0.2) is 45.7 Å². The van der Waals surface area contributed by atoms with Crippen LogP contribution < -0.4 is 10.9 Å². The molecule has 1 saturated carbocycles. The smallest absolute Gasteiger partial charge is 0.263 e. The molecule has 0 amide bonds. The Bertz CT molecular complexity index is 939. The van der Waals surface area contributed by atoms with Gasteiger partial charge in [-0.1, -0.05) is 6.42 Å². The number of H-pyrrole nitrogens is 1. The molecule has 0 aromatic carbocycles. The summed E-state index contributed by atoms with van der Waals surface area (Å²) in [6.07, 6.45) is 5.72. The van der Waals surface area contributed by atoms with Gasteiger partial charge in [0.15, 0.2) is 5.65 Å². The first-order chi connectivity index (χ1) is 11.6. The van der Waals surface area contributed by atoms with Crippen LogP contribution in [0.2, 0.25) is 0 Å². The molecule has 2 heterocycles. The van der Waals surface area contributed by atoms with Gasteiger partial charge in [-0.05, 0) is 40.0 Å². The van der Waals surface area contributed by atoms with Crippen LogP contribution in [-0.2, 0) is 15.4 Å². The van der Waals surface area contributed by atoms with E-state index in [-0.39, 0.29) is 22.4 Å². The van der Waals surface area contributed by atoms with Crippen molar-refractivity contribution in [2.45, 2.75) is 63.3 Å². The van der Waals surface area contributed by atoms with E-state index in [1.54, 1.807) is 4.68 Å². The maximum absolute atomic E-state index is 12.3. The van der Waals surface area contributed by atoms with Gasteiger partial charge < -0.3 is 5.32 Å². The fourth-order valence-corrected chi connectivity index (χ4v) is 4.51. The van der Waals surface area contributed by atoms with E-state index in [0.29, 0.717) is 29.8 Å². The van der Waals surface area contributed by atoms with Gasteiger partial charge >= 0.3 is 0 Å². The van der Waals surface area contributed by atoms with Gasteiger partial charge in [0.1, 0.15) is 15.2 Å². The Balaban J connectivity index is 1.90. The van der Waals surface area contributed by atoms with Crippen LogP contribution in [0.1, 0.15) is 46.5 Å². The van der Waals surface area contributed by atoms with Crippen LogP contribution in [0, 0.1) is 0 Å². The zero-order valence-electron chi connectivity index (χ0n) is 15.0. The lowest BCUT2D eigenvalue weighted by molar-refractivity contribution is 0.366. The molecule has 9 heteroatoms. The molecule has 1 aliphatic rings. The van der Waals surface area contributed by atoms with Gasteiger partial charge in [-0.3, -0.25) is 9.78 Å². The summed E-state index contributed by atoms with van der Waals surface area (Å²) in [6, 6.07) is -0.0277. The fourth-order valence-electron chi connectivity index (χ4n) is 3.34. The van der Waals surface area contributed by atoms with Gasteiger partial charge in [0.05, 0.1) is 17.0 Å². The van der Waals surface area contributed by atoms with Crippen LogP contribution in [0.5, 0.6) is 0 Å². The van der Waals surface area contributed by atoms with Gasteiger partial charge in [0, 0.05) is 12.3 Å². The molecule has 0 bridgehead atoms. The van der Waals surface area contributed by atoms with E-state index in [1.165, 1.54) is 12.5 Å². The van der Waals surface area contributed by atoms with Crippen molar-refractivity contribution < 1.29 is 8.42 Å². The summed E-state index contributed by atoms with van der Waals surface area (Å²) in [5.41, 5.74) is -0.0286. The third-order valence-electron chi connectivity index (χ3n) is 4.65. The van der Waals surface area contributed by atoms with Gasteiger partial charge in [0.25, 0.3) is 5.56 Å². The van der Waals surface area contributed by atoms with Crippen molar-refractivity contribution in [3.8, 4) is 0 Å². The first kappa shape index (κ1) is 17.9. The lowest BCUT2D eigenvalue weighted by atomic mass is 9.95. The molecule has 0 aliphatic heterocycles. The number of rotatable bonds is 3. The molecule has 25 heavy (non-hydrogen) atoms. The quantitative estimate of drug-likeness (QED) is 0.853. The molecule has 0 spiro atoms. The Labute approximate surface area is 147 Å². The maximum Gasteiger partial charge on any atom is 0.263 e. The minimum atomic E-state index is -3.06. The lowest BCUT2D eigenvalue weighted by Crippen LogP contribution is -2.35. The normalized spacial score (nSPS) is 22.2. The van der Waals surface area contributed by atoms with Crippen LogP contribution in [0.3, 0.4) is 0 Å². The molecule has 2 unspecified atom stereocenters. The molecular weight excluding hydrogens is 342 g/mol. The van der Waals surface area contributed by atoms with E-state index < -0.39 is 9.84 Å². The summed E-state index contributed by atoms with van der Waals surface area (Å²) in [5, 5.41) is 7.60. The van der Waals surface area contributed by atoms with Crippen molar-refractivity contribution in [3.63, 3.8) is 0 Å². The SMILES string of the molecule is CC(C)(C)n1ncc2c(=O)[nH]c(NC3CCCC(S(C)(=O)=O)C3)nc21. The molecular formula is C16H25N5O3S. The second-order valence-electron chi connectivity index (χ2n) is 7.84. The zero-order chi connectivity index (χ0) is 18.4. The molecule has 2 atom stereocenters. The van der Waals surface area contributed by atoms with Crippen molar-refractivity contribution in [2.24, 2.45) is 0 Å². The molecule has 138 valence electrons. The first-order valence-corrected chi connectivity index (χ1v) is 10.4. The van der Waals surface area contributed by atoms with E-state index in [2.05, 4.69) is 20.4 Å². The summed E-state index contributed by atoms with van der Waals surface area (Å²) in [5.74, 6) is 0.364. The standard InChI is InChI=1S/C16H25N5O3S/c1-16(2,3)21-13-12(9-17-21)14(22)20-15(19-13)18-10-6-5-7-11(8-10)25(4,23)24/h9-11H,5-8H2,1-4H3,(H2,18,19,20,22). The number of nitrogens with zero attached hydrogens (tertiary/aromatic N) is 3. The van der Waals surface area contributed by atoms with Crippen LogP contribution in [0.25, 0.3) is 11.0 Å². The van der Waals surface area contributed by atoms with E-state index in [9.17, 15) is 13.2 Å². The van der Waals surface area contributed by atoms with Crippen LogP contribution in [0.15, 0.2) is 11.0 Å². The van der Waals surface area contributed by atoms with Gasteiger partial charge in [-0.2, -0.15) is 10.1 Å². The third-order valence-corrected chi connectivity index (χ3v) is 6.29. The lowest BCUT2D eigenvalue weighted by Gasteiger charge is -2.28. The van der Waals surface area contributed by atoms with Crippen molar-refractivity contribution in [3.05, 3.63) is 16.6 Å². The highest BCUT2D eigenvalue weighted by atomic mass is 32.2. The molecule has 3 rings (SSSR count). The monoisotopic (exact) mass is 367 g/mol. The van der Waals surface area contributed by atoms with Gasteiger partial charge in [0.2, 0.25) is 5.95 Å². The average Bonchev–Trinajstić information content (AvgIpc) is 2.91. The second kappa shape index (κ2) is 6.12. The third kappa shape index (κ3) is 3.70. The summed E-state index contributed by atoms with van der Waals surface area (Å²) in [6.45, 7) is 5.98. The molecule has 2 aromatic rings. The van der Waals surface area contributed by atoms with Gasteiger partial charge in [-0.25, -0.2) is 13.1 Å². The Morgan fingerprint density at radius 3 is 2.68 bits per heavy atom. The van der Waals surface area contributed by atoms with Gasteiger partial charge in [-0.15, -0.1) is 0 Å². The van der Waals surface area contributed by atoms with E-state index in [1.807, 2.05) is 20.8 Å². The number of hydrogen-bond donors (Lipinski definition) is 2. The number of aromatic amines is 1. The highest BCUT2D eigenvalue weighted by molar-refractivity contribution is 7.91. The van der Waals surface area contributed by atoms with Crippen molar-refractivity contribution in [1.29, 1.82) is 0 Å². The highest BCUT2D eigenvalue weighted by Crippen LogP contribution is 2.26. The van der Waals surface area contributed by atoms with Crippen LogP contribution in [0.4, 0.5) is 5.95 Å². The minimum absolute atomic E-state index is 0.0277. The highest BCUT2D eigenvalue weighted by Gasteiger charge is 2.29. The number of anilines is 1. The summed E-state index contributed by atoms with van der Waals surface area (Å²) in [7, 11) is -3.06. The molecule has 0 saturated heterocycles. The number of hydrogen-bond acceptors (Lipinski definition) is 6. The zero-order valence-corrected chi connectivity index (χ0v) is 15.9. The molecule has 2 N–H and O–H groups in total. The summed E-state index contributed by atoms with van der Waals surface area (Å²) < 4.78 is 25.4. The molecule has 1 fully saturated rings. The van der Waals surface area contributed by atoms with E-state index in [4.69, 9.17) is 0 Å². The Morgan fingerprint density at radius 1 is 1.32 bits per heavy atom. The Morgan fingerprint density at radius 2 is 2.04 bits per heavy atom. The summed E-state index contributed by atoms with van der Waals surface area (Å²) >= 11 is 0.